The van der Waals surface area contributed by atoms with Gasteiger partial charge in [-0.1, -0.05) is 6.07 Å². The summed E-state index contributed by atoms with van der Waals surface area (Å²) in [6.45, 7) is 6.88. The molecule has 1 saturated heterocycles. The predicted octanol–water partition coefficient (Wildman–Crippen LogP) is 1.01. The van der Waals surface area contributed by atoms with Crippen LogP contribution in [0.4, 0.5) is 10.5 Å². The van der Waals surface area contributed by atoms with Gasteiger partial charge in [0.15, 0.2) is 0 Å². The molecule has 1 aromatic rings. The number of rotatable bonds is 4. The van der Waals surface area contributed by atoms with Crippen LogP contribution in [0.2, 0.25) is 0 Å². The van der Waals surface area contributed by atoms with Gasteiger partial charge in [0.1, 0.15) is 6.54 Å². The lowest BCUT2D eigenvalue weighted by atomic mass is 10.0. The summed E-state index contributed by atoms with van der Waals surface area (Å²) in [5.41, 5.74) is 1.13. The Morgan fingerprint density at radius 1 is 1.24 bits per heavy atom. The molecule has 0 saturated carbocycles. The van der Waals surface area contributed by atoms with Gasteiger partial charge in [-0.3, -0.25) is 19.3 Å². The summed E-state index contributed by atoms with van der Waals surface area (Å²) in [6, 6.07) is 4.40. The molecule has 1 aliphatic rings. The molecule has 1 heterocycles. The number of anilines is 1. The van der Waals surface area contributed by atoms with E-state index in [0.717, 1.165) is 4.90 Å². The highest BCUT2D eigenvalue weighted by atomic mass is 16.2. The standard InChI is InChI=1S/C17H22N4O4/c1-10-11(15(24)20-17(2,3)4)6-5-7-12(10)19-13(22)9-21-14(23)8-18-16(21)25/h5-7H,8-9H2,1-4H3,(H,18,25)(H,19,22)(H,20,24). The van der Waals surface area contributed by atoms with E-state index < -0.39 is 17.8 Å². The van der Waals surface area contributed by atoms with E-state index in [0.29, 0.717) is 16.8 Å². The summed E-state index contributed by atoms with van der Waals surface area (Å²) < 4.78 is 0. The van der Waals surface area contributed by atoms with Gasteiger partial charge >= 0.3 is 6.03 Å². The second-order valence-corrected chi connectivity index (χ2v) is 6.87. The molecule has 8 heteroatoms. The minimum absolute atomic E-state index is 0.104. The molecular formula is C17H22N4O4. The van der Waals surface area contributed by atoms with E-state index >= 15 is 0 Å². The minimum atomic E-state index is -0.588. The van der Waals surface area contributed by atoms with Crippen LogP contribution in [-0.4, -0.2) is 47.3 Å². The Kier molecular flexibility index (Phi) is 5.10. The molecule has 134 valence electrons. The van der Waals surface area contributed by atoms with Gasteiger partial charge in [0, 0.05) is 16.8 Å². The van der Waals surface area contributed by atoms with E-state index in [1.165, 1.54) is 0 Å². The van der Waals surface area contributed by atoms with Crippen LogP contribution in [0.1, 0.15) is 36.7 Å². The zero-order chi connectivity index (χ0) is 18.8. The van der Waals surface area contributed by atoms with Crippen LogP contribution in [0.15, 0.2) is 18.2 Å². The van der Waals surface area contributed by atoms with Gasteiger partial charge in [-0.2, -0.15) is 0 Å². The van der Waals surface area contributed by atoms with Crippen molar-refractivity contribution in [1.29, 1.82) is 0 Å². The van der Waals surface area contributed by atoms with Gasteiger partial charge in [0.25, 0.3) is 11.8 Å². The average Bonchev–Trinajstić information content (AvgIpc) is 2.79. The molecule has 0 bridgehead atoms. The number of imide groups is 1. The summed E-state index contributed by atoms with van der Waals surface area (Å²) in [7, 11) is 0. The van der Waals surface area contributed by atoms with E-state index in [1.807, 2.05) is 20.8 Å². The maximum atomic E-state index is 12.4. The molecule has 25 heavy (non-hydrogen) atoms. The molecule has 1 fully saturated rings. The SMILES string of the molecule is Cc1c(NC(=O)CN2C(=O)CNC2=O)cccc1C(=O)NC(C)(C)C. The number of amides is 5. The Bertz CT molecular complexity index is 721. The quantitative estimate of drug-likeness (QED) is 0.707. The van der Waals surface area contributed by atoms with Crippen LogP contribution in [-0.2, 0) is 9.59 Å². The van der Waals surface area contributed by atoms with Gasteiger partial charge < -0.3 is 16.0 Å². The van der Waals surface area contributed by atoms with Crippen molar-refractivity contribution >= 4 is 29.4 Å². The Hall–Kier alpha value is -2.90. The van der Waals surface area contributed by atoms with E-state index in [-0.39, 0.29) is 24.5 Å². The lowest BCUT2D eigenvalue weighted by molar-refractivity contribution is -0.128. The monoisotopic (exact) mass is 346 g/mol. The maximum Gasteiger partial charge on any atom is 0.325 e. The largest absolute Gasteiger partial charge is 0.347 e. The smallest absolute Gasteiger partial charge is 0.325 e. The van der Waals surface area contributed by atoms with Crippen molar-refractivity contribution in [2.24, 2.45) is 0 Å². The summed E-state index contributed by atoms with van der Waals surface area (Å²) in [5, 5.41) is 7.86. The zero-order valence-electron chi connectivity index (χ0n) is 14.7. The Labute approximate surface area is 145 Å². The molecule has 5 amide bonds. The van der Waals surface area contributed by atoms with Crippen LogP contribution >= 0.6 is 0 Å². The number of urea groups is 1. The van der Waals surface area contributed by atoms with Crippen LogP contribution in [0.25, 0.3) is 0 Å². The molecule has 0 spiro atoms. The van der Waals surface area contributed by atoms with Crippen molar-refractivity contribution in [3.63, 3.8) is 0 Å². The summed E-state index contributed by atoms with van der Waals surface area (Å²) in [5.74, 6) is -1.20. The molecule has 0 aliphatic carbocycles. The first-order chi connectivity index (χ1) is 11.6. The van der Waals surface area contributed by atoms with Crippen LogP contribution in [0.3, 0.4) is 0 Å². The summed E-state index contributed by atoms with van der Waals surface area (Å²) in [4.78, 5) is 48.3. The minimum Gasteiger partial charge on any atom is -0.347 e. The number of nitrogens with zero attached hydrogens (tertiary/aromatic N) is 1. The number of carbonyl (C=O) groups excluding carboxylic acids is 4. The number of carbonyl (C=O) groups is 4. The normalized spacial score (nSPS) is 14.3. The third kappa shape index (κ3) is 4.56. The number of benzene rings is 1. The topological polar surface area (TPSA) is 108 Å². The highest BCUT2D eigenvalue weighted by Gasteiger charge is 2.30. The van der Waals surface area contributed by atoms with Crippen molar-refractivity contribution in [1.82, 2.24) is 15.5 Å². The third-order valence-electron chi connectivity index (χ3n) is 3.58. The van der Waals surface area contributed by atoms with Crippen molar-refractivity contribution in [3.05, 3.63) is 29.3 Å². The van der Waals surface area contributed by atoms with E-state index in [9.17, 15) is 19.2 Å². The Balaban J connectivity index is 2.11. The van der Waals surface area contributed by atoms with Crippen LogP contribution in [0, 0.1) is 6.92 Å². The van der Waals surface area contributed by atoms with Gasteiger partial charge in [-0.25, -0.2) is 4.79 Å². The molecule has 2 rings (SSSR count). The molecular weight excluding hydrogens is 324 g/mol. The molecule has 3 N–H and O–H groups in total. The highest BCUT2D eigenvalue weighted by Crippen LogP contribution is 2.20. The fourth-order valence-electron chi connectivity index (χ4n) is 2.37. The number of nitrogens with one attached hydrogen (secondary N) is 3. The second-order valence-electron chi connectivity index (χ2n) is 6.87. The lowest BCUT2D eigenvalue weighted by Gasteiger charge is -2.22. The van der Waals surface area contributed by atoms with Crippen molar-refractivity contribution < 1.29 is 19.2 Å². The molecule has 1 aromatic carbocycles. The van der Waals surface area contributed by atoms with Crippen molar-refractivity contribution in [2.45, 2.75) is 33.2 Å². The summed E-state index contributed by atoms with van der Waals surface area (Å²) in [6.07, 6.45) is 0. The Morgan fingerprint density at radius 3 is 2.48 bits per heavy atom. The van der Waals surface area contributed by atoms with Crippen molar-refractivity contribution in [3.8, 4) is 0 Å². The van der Waals surface area contributed by atoms with Crippen LogP contribution in [0.5, 0.6) is 0 Å². The average molecular weight is 346 g/mol. The molecule has 1 aliphatic heterocycles. The van der Waals surface area contributed by atoms with E-state index in [1.54, 1.807) is 25.1 Å². The zero-order valence-corrected chi connectivity index (χ0v) is 14.7. The summed E-state index contributed by atoms with van der Waals surface area (Å²) >= 11 is 0. The van der Waals surface area contributed by atoms with Gasteiger partial charge in [0.05, 0.1) is 6.54 Å². The first-order valence-electron chi connectivity index (χ1n) is 7.88. The third-order valence-corrected chi connectivity index (χ3v) is 3.58. The van der Waals surface area contributed by atoms with Gasteiger partial charge in [0.2, 0.25) is 5.91 Å². The van der Waals surface area contributed by atoms with Gasteiger partial charge in [-0.15, -0.1) is 0 Å². The second kappa shape index (κ2) is 6.92. The maximum absolute atomic E-state index is 12.4. The molecule has 0 radical (unpaired) electrons. The Morgan fingerprint density at radius 2 is 1.92 bits per heavy atom. The van der Waals surface area contributed by atoms with E-state index in [2.05, 4.69) is 16.0 Å². The molecule has 0 aromatic heterocycles. The highest BCUT2D eigenvalue weighted by molar-refractivity contribution is 6.06. The first kappa shape index (κ1) is 18.4. The number of hydrogen-bond donors (Lipinski definition) is 3. The van der Waals surface area contributed by atoms with Gasteiger partial charge in [-0.05, 0) is 45.4 Å². The van der Waals surface area contributed by atoms with Crippen LogP contribution < -0.4 is 16.0 Å². The first-order valence-corrected chi connectivity index (χ1v) is 7.88. The fourth-order valence-corrected chi connectivity index (χ4v) is 2.37. The molecule has 8 nitrogen and oxygen atoms in total. The molecule has 0 atom stereocenters. The lowest BCUT2D eigenvalue weighted by Crippen LogP contribution is -2.41. The predicted molar refractivity (Wildman–Crippen MR) is 92.1 cm³/mol. The fraction of sp³-hybridized carbons (Fsp3) is 0.412. The van der Waals surface area contributed by atoms with E-state index in [4.69, 9.17) is 0 Å². The molecule has 0 unspecified atom stereocenters. The number of hydrogen-bond acceptors (Lipinski definition) is 4. The van der Waals surface area contributed by atoms with Crippen molar-refractivity contribution in [2.75, 3.05) is 18.4 Å².